The van der Waals surface area contributed by atoms with Crippen LogP contribution in [0.25, 0.3) is 0 Å². The van der Waals surface area contributed by atoms with Crippen molar-refractivity contribution in [3.63, 3.8) is 0 Å². The van der Waals surface area contributed by atoms with Crippen LogP contribution >= 0.6 is 0 Å². The molecule has 0 saturated heterocycles. The molecule has 0 bridgehead atoms. The Labute approximate surface area is 175 Å². The fourth-order valence-electron chi connectivity index (χ4n) is 8.95. The van der Waals surface area contributed by atoms with E-state index in [9.17, 15) is 4.79 Å². The number of hydrogen-bond acceptors (Lipinski definition) is 2. The van der Waals surface area contributed by atoms with Gasteiger partial charge in [0.15, 0.2) is 0 Å². The van der Waals surface area contributed by atoms with Gasteiger partial charge in [0.2, 0.25) is 5.91 Å². The number of nitrogens with one attached hydrogen (secondary N) is 1. The Kier molecular flexibility index (Phi) is 4.28. The van der Waals surface area contributed by atoms with E-state index in [1.807, 2.05) is 12.3 Å². The van der Waals surface area contributed by atoms with E-state index in [4.69, 9.17) is 0 Å². The first kappa shape index (κ1) is 19.3. The molecule has 3 nitrogen and oxygen atoms in total. The van der Waals surface area contributed by atoms with Gasteiger partial charge in [-0.15, -0.1) is 0 Å². The molecule has 0 aromatic carbocycles. The van der Waals surface area contributed by atoms with Gasteiger partial charge in [-0.1, -0.05) is 39.3 Å². The lowest BCUT2D eigenvalue weighted by atomic mass is 9.40. The van der Waals surface area contributed by atoms with E-state index in [0.717, 1.165) is 18.9 Å². The van der Waals surface area contributed by atoms with Crippen molar-refractivity contribution >= 4 is 5.91 Å². The van der Waals surface area contributed by atoms with Crippen molar-refractivity contribution in [3.05, 3.63) is 41.7 Å². The highest BCUT2D eigenvalue weighted by atomic mass is 16.1. The number of pyridine rings is 1. The largest absolute Gasteiger partial charge is 0.353 e. The Hall–Kier alpha value is -1.64. The number of amides is 1. The Morgan fingerprint density at radius 1 is 1.07 bits per heavy atom. The van der Waals surface area contributed by atoms with Gasteiger partial charge in [-0.25, -0.2) is 0 Å². The van der Waals surface area contributed by atoms with Crippen LogP contribution in [0.15, 0.2) is 36.2 Å². The highest BCUT2D eigenvalue weighted by Gasteiger charge is 2.64. The number of carbonyl (C=O) groups is 1. The summed E-state index contributed by atoms with van der Waals surface area (Å²) in [6, 6.07) is 4.41. The van der Waals surface area contributed by atoms with Gasteiger partial charge < -0.3 is 5.32 Å². The van der Waals surface area contributed by atoms with Crippen LogP contribution in [0.5, 0.6) is 0 Å². The molecule has 1 aromatic rings. The van der Waals surface area contributed by atoms with Gasteiger partial charge in [-0.3, -0.25) is 9.78 Å². The van der Waals surface area contributed by atoms with Crippen LogP contribution in [0.4, 0.5) is 0 Å². The zero-order valence-electron chi connectivity index (χ0n) is 18.5. The number of aromatic nitrogens is 1. The number of rotatable bonds is 1. The molecule has 156 valence electrons. The molecule has 3 saturated carbocycles. The molecule has 2 heterocycles. The molecule has 4 aliphatic rings. The van der Waals surface area contributed by atoms with E-state index in [2.05, 4.69) is 56.3 Å². The number of carbonyl (C=O) groups excluding carboxylic acids is 1. The van der Waals surface area contributed by atoms with E-state index < -0.39 is 0 Å². The predicted molar refractivity (Wildman–Crippen MR) is 116 cm³/mol. The smallest absolute Gasteiger partial charge is 0.243 e. The van der Waals surface area contributed by atoms with Crippen molar-refractivity contribution in [2.24, 2.45) is 34.0 Å². The van der Waals surface area contributed by atoms with Crippen LogP contribution in [0.1, 0.15) is 77.7 Å². The minimum atomic E-state index is 0.123. The third kappa shape index (κ3) is 2.61. The van der Waals surface area contributed by atoms with Gasteiger partial charge in [0, 0.05) is 25.0 Å². The summed E-state index contributed by atoms with van der Waals surface area (Å²) in [5, 5.41) is 3.11. The maximum Gasteiger partial charge on any atom is 0.243 e. The van der Waals surface area contributed by atoms with Crippen LogP contribution in [0, 0.1) is 34.0 Å². The van der Waals surface area contributed by atoms with Crippen molar-refractivity contribution < 1.29 is 4.79 Å². The molecule has 3 aliphatic carbocycles. The van der Waals surface area contributed by atoms with Gasteiger partial charge in [0.05, 0.1) is 0 Å². The quantitative estimate of drug-likeness (QED) is 0.686. The first-order valence-electron chi connectivity index (χ1n) is 11.7. The normalized spacial score (nSPS) is 46.6. The summed E-state index contributed by atoms with van der Waals surface area (Å²) in [5.41, 5.74) is 3.74. The van der Waals surface area contributed by atoms with Crippen LogP contribution in [0.3, 0.4) is 0 Å². The molecule has 3 heteroatoms. The van der Waals surface area contributed by atoms with Crippen LogP contribution in [-0.2, 0) is 4.79 Å². The molecule has 0 spiro atoms. The van der Waals surface area contributed by atoms with E-state index in [0.29, 0.717) is 28.6 Å². The van der Waals surface area contributed by atoms with E-state index >= 15 is 0 Å². The molecule has 1 aliphatic heterocycles. The molecule has 29 heavy (non-hydrogen) atoms. The van der Waals surface area contributed by atoms with Crippen molar-refractivity contribution in [2.75, 3.05) is 6.54 Å². The van der Waals surface area contributed by atoms with Gasteiger partial charge in [0.1, 0.15) is 0 Å². The Morgan fingerprint density at radius 2 is 1.90 bits per heavy atom. The van der Waals surface area contributed by atoms with Crippen molar-refractivity contribution in [1.82, 2.24) is 10.3 Å². The SMILES string of the molecule is CC1CC2(C)[C@H](CC[C@]3(C)C(c4cccnc4)CC[C@@H]23)[C@@]2(C)CCNC(=O)C=C12. The summed E-state index contributed by atoms with van der Waals surface area (Å²) < 4.78 is 0. The average molecular weight is 393 g/mol. The number of allylic oxidation sites excluding steroid dienone is 1. The molecule has 3 fully saturated rings. The fraction of sp³-hybridized carbons (Fsp3) is 0.692. The molecule has 7 atom stereocenters. The second-order valence-corrected chi connectivity index (χ2v) is 11.2. The minimum Gasteiger partial charge on any atom is -0.353 e. The lowest BCUT2D eigenvalue weighted by Gasteiger charge is -2.64. The van der Waals surface area contributed by atoms with Gasteiger partial charge in [-0.05, 0) is 90.1 Å². The molecule has 0 radical (unpaired) electrons. The van der Waals surface area contributed by atoms with E-state index in [1.165, 1.54) is 43.2 Å². The molecular weight excluding hydrogens is 356 g/mol. The topological polar surface area (TPSA) is 42.0 Å². The third-order valence-electron chi connectivity index (χ3n) is 9.92. The highest BCUT2D eigenvalue weighted by molar-refractivity contribution is 5.89. The summed E-state index contributed by atoms with van der Waals surface area (Å²) in [7, 11) is 0. The van der Waals surface area contributed by atoms with Crippen LogP contribution in [-0.4, -0.2) is 17.4 Å². The van der Waals surface area contributed by atoms with E-state index in [-0.39, 0.29) is 11.3 Å². The summed E-state index contributed by atoms with van der Waals surface area (Å²) >= 11 is 0. The zero-order valence-corrected chi connectivity index (χ0v) is 18.5. The monoisotopic (exact) mass is 392 g/mol. The lowest BCUT2D eigenvalue weighted by Crippen LogP contribution is -2.57. The van der Waals surface area contributed by atoms with Gasteiger partial charge in [0.25, 0.3) is 0 Å². The molecule has 3 unspecified atom stereocenters. The summed E-state index contributed by atoms with van der Waals surface area (Å²) in [4.78, 5) is 16.8. The first-order chi connectivity index (χ1) is 13.8. The molecule has 5 rings (SSSR count). The predicted octanol–water partition coefficient (Wildman–Crippen LogP) is 5.49. The van der Waals surface area contributed by atoms with Gasteiger partial charge in [-0.2, -0.15) is 0 Å². The maximum absolute atomic E-state index is 12.3. The first-order valence-corrected chi connectivity index (χ1v) is 11.7. The molecule has 1 N–H and O–H groups in total. The van der Waals surface area contributed by atoms with Gasteiger partial charge >= 0.3 is 0 Å². The molecular formula is C26H36N2O. The lowest BCUT2D eigenvalue weighted by molar-refractivity contribution is -0.117. The number of nitrogens with zero attached hydrogens (tertiary/aromatic N) is 1. The third-order valence-corrected chi connectivity index (χ3v) is 9.92. The average Bonchev–Trinajstić information content (AvgIpc) is 2.95. The summed E-state index contributed by atoms with van der Waals surface area (Å²) in [5.74, 6) is 2.68. The maximum atomic E-state index is 12.3. The van der Waals surface area contributed by atoms with Crippen molar-refractivity contribution in [2.45, 2.75) is 72.1 Å². The second kappa shape index (κ2) is 6.43. The Morgan fingerprint density at radius 3 is 2.66 bits per heavy atom. The summed E-state index contributed by atoms with van der Waals surface area (Å²) in [6.07, 6.45) is 13.5. The van der Waals surface area contributed by atoms with Crippen molar-refractivity contribution in [3.8, 4) is 0 Å². The molecule has 1 amide bonds. The second-order valence-electron chi connectivity index (χ2n) is 11.2. The fourth-order valence-corrected chi connectivity index (χ4v) is 8.95. The Balaban J connectivity index is 1.55. The van der Waals surface area contributed by atoms with Crippen molar-refractivity contribution in [1.29, 1.82) is 0 Å². The standard InChI is InChI=1S/C26H36N2O/c1-17-15-26(4)21-8-7-19(18-6-5-12-27-16-18)24(21,2)10-9-22(26)25(3)11-13-28-23(29)14-20(17)25/h5-6,12,14,16-17,19,21-22H,7-11,13,15H2,1-4H3,(H,28,29)/t17?,19?,21-,22-,24-,25+,26?/m1/s1. The molecule has 1 aromatic heterocycles. The minimum absolute atomic E-state index is 0.123. The summed E-state index contributed by atoms with van der Waals surface area (Å²) in [6.45, 7) is 10.9. The van der Waals surface area contributed by atoms with Crippen LogP contribution in [0.2, 0.25) is 0 Å². The van der Waals surface area contributed by atoms with E-state index in [1.54, 1.807) is 0 Å². The Bertz CT molecular complexity index is 848. The van der Waals surface area contributed by atoms with Crippen LogP contribution < -0.4 is 5.32 Å². The number of hydrogen-bond donors (Lipinski definition) is 1. The zero-order chi connectivity index (χ0) is 20.4. The number of fused-ring (bicyclic) bond motifs is 5. The highest BCUT2D eigenvalue weighted by Crippen LogP contribution is 2.73.